The number of carbonyl (C=O) groups excluding carboxylic acids is 1. The van der Waals surface area contributed by atoms with Crippen LogP contribution in [0.4, 0.5) is 5.82 Å². The van der Waals surface area contributed by atoms with Crippen molar-refractivity contribution in [3.63, 3.8) is 0 Å². The third-order valence-electron chi connectivity index (χ3n) is 2.91. The van der Waals surface area contributed by atoms with E-state index in [-0.39, 0.29) is 16.8 Å². The van der Waals surface area contributed by atoms with Crippen molar-refractivity contribution in [1.82, 2.24) is 9.88 Å². The molecule has 0 fully saturated rings. The molecule has 1 amide bonds. The number of carboxylic acids is 1. The summed E-state index contributed by atoms with van der Waals surface area (Å²) in [5, 5.41) is 18.2. The summed E-state index contributed by atoms with van der Waals surface area (Å²) in [6, 6.07) is 6.39. The molecular formula is C13H12N4O4. The number of fused-ring (bicyclic) bond motifs is 1. The zero-order chi connectivity index (χ0) is 15.6. The van der Waals surface area contributed by atoms with Crippen LogP contribution in [-0.4, -0.2) is 34.4 Å². The number of hydrogen-bond donors (Lipinski definition) is 4. The second kappa shape index (κ2) is 5.45. The molecule has 1 heterocycles. The van der Waals surface area contributed by atoms with E-state index in [0.717, 1.165) is 6.34 Å². The summed E-state index contributed by atoms with van der Waals surface area (Å²) in [6.45, 7) is -0.630. The van der Waals surface area contributed by atoms with Crippen LogP contribution in [0.25, 0.3) is 10.9 Å². The number of rotatable bonds is 4. The second-order valence-corrected chi connectivity index (χ2v) is 4.18. The van der Waals surface area contributed by atoms with E-state index in [0.29, 0.717) is 5.52 Å². The van der Waals surface area contributed by atoms with Crippen molar-refractivity contribution in [3.05, 3.63) is 40.1 Å². The van der Waals surface area contributed by atoms with Gasteiger partial charge in [-0.3, -0.25) is 24.4 Å². The van der Waals surface area contributed by atoms with Crippen molar-refractivity contribution >= 4 is 34.9 Å². The summed E-state index contributed by atoms with van der Waals surface area (Å²) in [7, 11) is 0. The van der Waals surface area contributed by atoms with Crippen molar-refractivity contribution in [3.8, 4) is 0 Å². The fraction of sp³-hybridized carbons (Fsp3) is 0.0769. The molecule has 8 heteroatoms. The first-order chi connectivity index (χ1) is 9.97. The Balaban J connectivity index is 2.69. The number of pyridine rings is 1. The Labute approximate surface area is 118 Å². The first kappa shape index (κ1) is 14.3. The summed E-state index contributed by atoms with van der Waals surface area (Å²) in [4.78, 5) is 34.8. The average molecular weight is 288 g/mol. The number of aliphatic carboxylic acids is 1. The third-order valence-corrected chi connectivity index (χ3v) is 2.91. The quantitative estimate of drug-likeness (QED) is 0.458. The van der Waals surface area contributed by atoms with E-state index in [1.54, 1.807) is 18.2 Å². The molecule has 1 aromatic carbocycles. The van der Waals surface area contributed by atoms with Gasteiger partial charge in [-0.2, -0.15) is 0 Å². The summed E-state index contributed by atoms with van der Waals surface area (Å²) in [6.07, 6.45) is 0.880. The fourth-order valence-corrected chi connectivity index (χ4v) is 1.98. The SMILES string of the molecule is N=Cn1c(N)c(C(=O)NCC(=O)O)c(=O)c2ccccc21. The monoisotopic (exact) mass is 288 g/mol. The first-order valence-corrected chi connectivity index (χ1v) is 5.90. The van der Waals surface area contributed by atoms with Gasteiger partial charge in [-0.05, 0) is 12.1 Å². The van der Waals surface area contributed by atoms with Gasteiger partial charge in [0.25, 0.3) is 5.91 Å². The lowest BCUT2D eigenvalue weighted by atomic mass is 10.1. The molecule has 0 aliphatic heterocycles. The van der Waals surface area contributed by atoms with Gasteiger partial charge >= 0.3 is 5.97 Å². The Bertz CT molecular complexity index is 810. The van der Waals surface area contributed by atoms with Crippen LogP contribution in [0.2, 0.25) is 0 Å². The predicted molar refractivity (Wildman–Crippen MR) is 76.8 cm³/mol. The second-order valence-electron chi connectivity index (χ2n) is 4.18. The van der Waals surface area contributed by atoms with Gasteiger partial charge in [-0.15, -0.1) is 0 Å². The Hall–Kier alpha value is -3.16. The molecule has 0 atom stereocenters. The van der Waals surface area contributed by atoms with Crippen LogP contribution in [0.15, 0.2) is 29.1 Å². The lowest BCUT2D eigenvalue weighted by Gasteiger charge is -2.13. The maximum absolute atomic E-state index is 12.3. The lowest BCUT2D eigenvalue weighted by molar-refractivity contribution is -0.135. The molecule has 8 nitrogen and oxygen atoms in total. The van der Waals surface area contributed by atoms with Crippen LogP contribution < -0.4 is 16.5 Å². The maximum atomic E-state index is 12.3. The highest BCUT2D eigenvalue weighted by molar-refractivity contribution is 6.04. The molecule has 5 N–H and O–H groups in total. The van der Waals surface area contributed by atoms with Crippen molar-refractivity contribution in [2.75, 3.05) is 12.3 Å². The Kier molecular flexibility index (Phi) is 3.70. The van der Waals surface area contributed by atoms with Crippen molar-refractivity contribution in [2.24, 2.45) is 0 Å². The average Bonchev–Trinajstić information content (AvgIpc) is 2.46. The fourth-order valence-electron chi connectivity index (χ4n) is 1.98. The number of nitrogens with one attached hydrogen (secondary N) is 2. The number of nitrogen functional groups attached to an aromatic ring is 1. The van der Waals surface area contributed by atoms with E-state index in [2.05, 4.69) is 5.32 Å². The van der Waals surface area contributed by atoms with Gasteiger partial charge < -0.3 is 16.2 Å². The molecule has 0 bridgehead atoms. The van der Waals surface area contributed by atoms with E-state index in [1.165, 1.54) is 10.6 Å². The zero-order valence-electron chi connectivity index (χ0n) is 10.8. The van der Waals surface area contributed by atoms with E-state index in [1.807, 2.05) is 0 Å². The van der Waals surface area contributed by atoms with E-state index in [4.69, 9.17) is 16.2 Å². The topological polar surface area (TPSA) is 138 Å². The minimum Gasteiger partial charge on any atom is -0.480 e. The molecule has 108 valence electrons. The summed E-state index contributed by atoms with van der Waals surface area (Å²) < 4.78 is 1.19. The first-order valence-electron chi connectivity index (χ1n) is 5.90. The lowest BCUT2D eigenvalue weighted by Crippen LogP contribution is -2.34. The minimum absolute atomic E-state index is 0.211. The van der Waals surface area contributed by atoms with Crippen LogP contribution in [0, 0.1) is 5.41 Å². The molecule has 0 radical (unpaired) electrons. The number of nitrogens with two attached hydrogens (primary N) is 1. The number of benzene rings is 1. The normalized spacial score (nSPS) is 10.3. The van der Waals surface area contributed by atoms with E-state index >= 15 is 0 Å². The Morgan fingerprint density at radius 3 is 2.67 bits per heavy atom. The number of hydrogen-bond acceptors (Lipinski definition) is 5. The minimum atomic E-state index is -1.24. The zero-order valence-corrected chi connectivity index (χ0v) is 10.8. The van der Waals surface area contributed by atoms with Crippen LogP contribution in [0.1, 0.15) is 10.4 Å². The molecule has 0 aliphatic carbocycles. The molecule has 21 heavy (non-hydrogen) atoms. The van der Waals surface area contributed by atoms with Gasteiger partial charge in [-0.25, -0.2) is 0 Å². The van der Waals surface area contributed by atoms with Crippen molar-refractivity contribution < 1.29 is 14.7 Å². The number of aromatic nitrogens is 1. The third kappa shape index (κ3) is 2.46. The smallest absolute Gasteiger partial charge is 0.322 e. The van der Waals surface area contributed by atoms with Crippen molar-refractivity contribution in [1.29, 1.82) is 5.41 Å². The Morgan fingerprint density at radius 2 is 2.05 bits per heavy atom. The van der Waals surface area contributed by atoms with Crippen LogP contribution in [0.5, 0.6) is 0 Å². The number of amides is 1. The van der Waals surface area contributed by atoms with E-state index < -0.39 is 23.9 Å². The van der Waals surface area contributed by atoms with Crippen LogP contribution in [-0.2, 0) is 4.79 Å². The summed E-state index contributed by atoms with van der Waals surface area (Å²) in [5.41, 5.74) is 5.18. The van der Waals surface area contributed by atoms with Crippen LogP contribution in [0.3, 0.4) is 0 Å². The molecule has 0 unspecified atom stereocenters. The molecular weight excluding hydrogens is 276 g/mol. The molecule has 2 rings (SSSR count). The highest BCUT2D eigenvalue weighted by Crippen LogP contribution is 2.16. The molecule has 0 spiro atoms. The molecule has 0 saturated carbocycles. The predicted octanol–water partition coefficient (Wildman–Crippen LogP) is -0.147. The summed E-state index contributed by atoms with van der Waals surface area (Å²) in [5.74, 6) is -2.34. The highest BCUT2D eigenvalue weighted by Gasteiger charge is 2.20. The molecule has 2 aromatic rings. The standard InChI is InChI=1S/C13H12N4O4/c14-6-17-8-4-2-1-3-7(8)11(20)10(12(17)15)13(21)16-5-9(18)19/h1-4,6,14H,5,15H2,(H,16,21)(H,18,19). The maximum Gasteiger partial charge on any atom is 0.322 e. The molecule has 0 saturated heterocycles. The van der Waals surface area contributed by atoms with Crippen LogP contribution >= 0.6 is 0 Å². The van der Waals surface area contributed by atoms with Gasteiger partial charge in [-0.1, -0.05) is 12.1 Å². The highest BCUT2D eigenvalue weighted by atomic mass is 16.4. The van der Waals surface area contributed by atoms with Gasteiger partial charge in [0.15, 0.2) is 0 Å². The number of anilines is 1. The van der Waals surface area contributed by atoms with Gasteiger partial charge in [0.2, 0.25) is 5.43 Å². The Morgan fingerprint density at radius 1 is 1.38 bits per heavy atom. The molecule has 1 aromatic heterocycles. The number of nitrogens with zero attached hydrogens (tertiary/aromatic N) is 1. The van der Waals surface area contributed by atoms with Gasteiger partial charge in [0.05, 0.1) is 11.9 Å². The number of para-hydroxylation sites is 1. The molecule has 0 aliphatic rings. The summed E-state index contributed by atoms with van der Waals surface area (Å²) >= 11 is 0. The number of carbonyl (C=O) groups is 2. The van der Waals surface area contributed by atoms with Gasteiger partial charge in [0.1, 0.15) is 17.9 Å². The largest absolute Gasteiger partial charge is 0.480 e. The van der Waals surface area contributed by atoms with E-state index in [9.17, 15) is 14.4 Å². The van der Waals surface area contributed by atoms with Crippen molar-refractivity contribution in [2.45, 2.75) is 0 Å². The number of carboxylic acid groups (broad SMARTS) is 1. The van der Waals surface area contributed by atoms with Gasteiger partial charge in [0, 0.05) is 5.39 Å².